The van der Waals surface area contributed by atoms with E-state index < -0.39 is 10.1 Å². The molecule has 3 aromatic carbocycles. The number of aliphatic hydroxyl groups is 1. The minimum atomic E-state index is -4.52. The van der Waals surface area contributed by atoms with E-state index in [4.69, 9.17) is 0 Å². The number of para-hydroxylation sites is 1. The Morgan fingerprint density at radius 3 is 2.59 bits per heavy atom. The van der Waals surface area contributed by atoms with Crippen molar-refractivity contribution in [2.75, 3.05) is 0 Å². The van der Waals surface area contributed by atoms with Crippen molar-refractivity contribution in [1.29, 1.82) is 0 Å². The third-order valence-electron chi connectivity index (χ3n) is 5.41. The van der Waals surface area contributed by atoms with Gasteiger partial charge in [-0.2, -0.15) is 8.42 Å². The van der Waals surface area contributed by atoms with Gasteiger partial charge >= 0.3 is 5.82 Å². The molecule has 0 amide bonds. The van der Waals surface area contributed by atoms with E-state index in [2.05, 4.69) is 15.2 Å². The van der Waals surface area contributed by atoms with Crippen molar-refractivity contribution in [2.45, 2.75) is 18.4 Å². The molecule has 5 aromatic rings. The minimum Gasteiger partial charge on any atom is -0.392 e. The fourth-order valence-corrected chi connectivity index (χ4v) is 4.55. The van der Waals surface area contributed by atoms with E-state index >= 15 is 0 Å². The quantitative estimate of drug-likeness (QED) is 0.297. The molecule has 0 fully saturated rings. The molecule has 0 saturated heterocycles. The summed E-state index contributed by atoms with van der Waals surface area (Å²) in [7, 11) is -4.52. The molecule has 2 N–H and O–H groups in total. The zero-order chi connectivity index (χ0) is 23.9. The molecule has 2 heterocycles. The van der Waals surface area contributed by atoms with E-state index in [0.717, 1.165) is 10.9 Å². The molecular formula is C24H20N5O4S+. The van der Waals surface area contributed by atoms with Crippen LogP contribution in [0.3, 0.4) is 0 Å². The summed E-state index contributed by atoms with van der Waals surface area (Å²) in [4.78, 5) is 7.20. The number of pyridine rings is 1. The van der Waals surface area contributed by atoms with Crippen LogP contribution in [0.1, 0.15) is 11.1 Å². The van der Waals surface area contributed by atoms with Gasteiger partial charge in [-0.15, -0.1) is 0 Å². The molecule has 170 valence electrons. The molecule has 0 spiro atoms. The van der Waals surface area contributed by atoms with Crippen LogP contribution in [0.2, 0.25) is 0 Å². The number of hydrogen-bond acceptors (Lipinski definition) is 6. The predicted molar refractivity (Wildman–Crippen MR) is 124 cm³/mol. The second kappa shape index (κ2) is 8.41. The third kappa shape index (κ3) is 3.83. The Morgan fingerprint density at radius 2 is 1.79 bits per heavy atom. The summed E-state index contributed by atoms with van der Waals surface area (Å²) in [5.74, 6) is 0.0747. The standard InChI is InChI=1S/C24H19N5O4S/c1-16-11-12-20(18(14-16)15-30)28-26-24(19-8-2-3-10-22(19)34(31,32)33)27-29(28)21-9-4-6-17-7-5-13-25-23(17)21/h2-14,30H,15H2,1H3/p+1. The van der Waals surface area contributed by atoms with E-state index in [0.29, 0.717) is 22.5 Å². The van der Waals surface area contributed by atoms with Gasteiger partial charge in [-0.05, 0) is 53.2 Å². The summed E-state index contributed by atoms with van der Waals surface area (Å²) in [6, 6.07) is 20.9. The highest BCUT2D eigenvalue weighted by Gasteiger charge is 2.30. The van der Waals surface area contributed by atoms with Gasteiger partial charge in [-0.25, -0.2) is 0 Å². The fraction of sp³-hybridized carbons (Fsp3) is 0.0833. The van der Waals surface area contributed by atoms with E-state index in [1.807, 2.05) is 55.5 Å². The van der Waals surface area contributed by atoms with Crippen LogP contribution in [-0.2, 0) is 16.7 Å². The Labute approximate surface area is 195 Å². The van der Waals surface area contributed by atoms with Crippen molar-refractivity contribution in [2.24, 2.45) is 0 Å². The Morgan fingerprint density at radius 1 is 1.00 bits per heavy atom. The summed E-state index contributed by atoms with van der Waals surface area (Å²) >= 11 is 0. The largest absolute Gasteiger partial charge is 0.392 e. The molecule has 0 unspecified atom stereocenters. The second-order valence-corrected chi connectivity index (χ2v) is 9.11. The molecule has 9 nitrogen and oxygen atoms in total. The number of aliphatic hydroxyl groups excluding tert-OH is 1. The highest BCUT2D eigenvalue weighted by atomic mass is 32.2. The van der Waals surface area contributed by atoms with E-state index in [9.17, 15) is 18.1 Å². The van der Waals surface area contributed by atoms with Crippen LogP contribution in [0, 0.1) is 6.92 Å². The van der Waals surface area contributed by atoms with Crippen LogP contribution < -0.4 is 4.80 Å². The molecule has 0 atom stereocenters. The summed E-state index contributed by atoms with van der Waals surface area (Å²) in [6.45, 7) is 1.68. The van der Waals surface area contributed by atoms with E-state index in [1.165, 1.54) is 27.8 Å². The van der Waals surface area contributed by atoms with Gasteiger partial charge in [0, 0.05) is 21.9 Å². The first kappa shape index (κ1) is 21.8. The number of hydrogen-bond donors (Lipinski definition) is 2. The van der Waals surface area contributed by atoms with Gasteiger partial charge in [0.15, 0.2) is 11.4 Å². The van der Waals surface area contributed by atoms with Crippen LogP contribution >= 0.6 is 0 Å². The monoisotopic (exact) mass is 474 g/mol. The van der Waals surface area contributed by atoms with Gasteiger partial charge in [0.05, 0.1) is 17.3 Å². The highest BCUT2D eigenvalue weighted by molar-refractivity contribution is 7.86. The van der Waals surface area contributed by atoms with Crippen molar-refractivity contribution >= 4 is 21.0 Å². The summed E-state index contributed by atoms with van der Waals surface area (Å²) in [5, 5.41) is 20.1. The smallest absolute Gasteiger partial charge is 0.341 e. The van der Waals surface area contributed by atoms with Gasteiger partial charge in [-0.1, -0.05) is 42.0 Å². The van der Waals surface area contributed by atoms with Gasteiger partial charge in [0.25, 0.3) is 10.1 Å². The number of aromatic nitrogens is 5. The normalized spacial score (nSPS) is 11.7. The second-order valence-electron chi connectivity index (χ2n) is 7.72. The van der Waals surface area contributed by atoms with Gasteiger partial charge < -0.3 is 5.11 Å². The topological polar surface area (TPSA) is 122 Å². The zero-order valence-corrected chi connectivity index (χ0v) is 18.9. The van der Waals surface area contributed by atoms with Crippen molar-refractivity contribution < 1.29 is 22.9 Å². The Kier molecular flexibility index (Phi) is 5.40. The average Bonchev–Trinajstić information content (AvgIpc) is 3.28. The lowest BCUT2D eigenvalue weighted by atomic mass is 10.1. The van der Waals surface area contributed by atoms with E-state index in [1.54, 1.807) is 12.3 Å². The predicted octanol–water partition coefficient (Wildman–Crippen LogP) is 2.81. The first-order valence-electron chi connectivity index (χ1n) is 10.4. The average molecular weight is 475 g/mol. The van der Waals surface area contributed by atoms with Crippen LogP contribution in [0.25, 0.3) is 33.7 Å². The molecule has 0 radical (unpaired) electrons. The maximum atomic E-state index is 12.0. The maximum absolute atomic E-state index is 12.0. The number of aryl methyl sites for hydroxylation is 1. The van der Waals surface area contributed by atoms with Crippen LogP contribution in [0.4, 0.5) is 0 Å². The Bertz CT molecular complexity index is 1640. The summed E-state index contributed by atoms with van der Waals surface area (Å²) in [6.07, 6.45) is 1.67. The number of benzene rings is 3. The van der Waals surface area contributed by atoms with Crippen LogP contribution in [-0.4, -0.2) is 38.1 Å². The molecule has 0 saturated carbocycles. The van der Waals surface area contributed by atoms with Crippen LogP contribution in [0.5, 0.6) is 0 Å². The van der Waals surface area contributed by atoms with Crippen molar-refractivity contribution in [3.8, 4) is 22.8 Å². The molecule has 0 aliphatic carbocycles. The summed E-state index contributed by atoms with van der Waals surface area (Å²) in [5.41, 5.74) is 3.54. The van der Waals surface area contributed by atoms with Crippen molar-refractivity contribution in [1.82, 2.24) is 20.0 Å². The summed E-state index contributed by atoms with van der Waals surface area (Å²) < 4.78 is 33.8. The number of fused-ring (bicyclic) bond motifs is 1. The molecule has 0 bridgehead atoms. The van der Waals surface area contributed by atoms with Gasteiger partial charge in [-0.3, -0.25) is 9.54 Å². The minimum absolute atomic E-state index is 0.0747. The lowest BCUT2D eigenvalue weighted by molar-refractivity contribution is -0.734. The van der Waals surface area contributed by atoms with E-state index in [-0.39, 0.29) is 22.9 Å². The lowest BCUT2D eigenvalue weighted by Crippen LogP contribution is -2.44. The number of tetrazole rings is 1. The Balaban J connectivity index is 1.85. The molecule has 0 aliphatic heterocycles. The molecule has 10 heteroatoms. The fourth-order valence-electron chi connectivity index (χ4n) is 3.87. The third-order valence-corrected chi connectivity index (χ3v) is 6.32. The number of nitrogens with zero attached hydrogens (tertiary/aromatic N) is 5. The highest BCUT2D eigenvalue weighted by Crippen LogP contribution is 2.26. The zero-order valence-electron chi connectivity index (χ0n) is 18.1. The molecule has 5 rings (SSSR count). The first-order valence-corrected chi connectivity index (χ1v) is 11.8. The maximum Gasteiger partial charge on any atom is 0.341 e. The molecule has 34 heavy (non-hydrogen) atoms. The van der Waals surface area contributed by atoms with Gasteiger partial charge in [0.2, 0.25) is 0 Å². The molecular weight excluding hydrogens is 454 g/mol. The number of rotatable bonds is 5. The van der Waals surface area contributed by atoms with Crippen molar-refractivity contribution in [3.05, 3.63) is 90.1 Å². The molecule has 2 aromatic heterocycles. The van der Waals surface area contributed by atoms with Crippen molar-refractivity contribution in [3.63, 3.8) is 0 Å². The SMILES string of the molecule is Cc1ccc(-[n+]2nc(-c3ccccc3S(=O)(=O)O)nn2-c2cccc3cccnc23)c(CO)c1. The van der Waals surface area contributed by atoms with Crippen LogP contribution in [0.15, 0.2) is 83.9 Å². The first-order chi connectivity index (χ1) is 16.4. The molecule has 0 aliphatic rings. The van der Waals surface area contributed by atoms with Gasteiger partial charge in [0.1, 0.15) is 10.4 Å². The Hall–Kier alpha value is -3.99. The lowest BCUT2D eigenvalue weighted by Gasteiger charge is -2.06.